The Labute approximate surface area is 117 Å². The van der Waals surface area contributed by atoms with E-state index in [1.54, 1.807) is 0 Å². The average molecular weight is 284 g/mol. The fraction of sp³-hybridized carbons (Fsp3) is 0.750. The lowest BCUT2D eigenvalue weighted by Gasteiger charge is -2.14. The average Bonchev–Trinajstić information content (AvgIpc) is 2.99. The van der Waals surface area contributed by atoms with Crippen LogP contribution >= 0.6 is 11.8 Å². The molecule has 0 unspecified atom stereocenters. The van der Waals surface area contributed by atoms with E-state index in [-0.39, 0.29) is 17.8 Å². The van der Waals surface area contributed by atoms with Crippen molar-refractivity contribution in [1.82, 2.24) is 14.8 Å². The van der Waals surface area contributed by atoms with E-state index < -0.39 is 0 Å². The molecule has 1 aromatic rings. The van der Waals surface area contributed by atoms with Gasteiger partial charge in [0.15, 0.2) is 5.16 Å². The smallest absolute Gasteiger partial charge is 0.227 e. The molecule has 106 valence electrons. The largest absolute Gasteiger partial charge is 0.376 e. The van der Waals surface area contributed by atoms with Crippen LogP contribution in [0.3, 0.4) is 0 Å². The molecule has 1 saturated heterocycles. The highest BCUT2D eigenvalue weighted by Crippen LogP contribution is 2.21. The minimum Gasteiger partial charge on any atom is -0.376 e. The lowest BCUT2D eigenvalue weighted by Crippen LogP contribution is -2.19. The second-order valence-electron chi connectivity index (χ2n) is 4.65. The minimum atomic E-state index is -0.339. The number of hydrogen-bond donors (Lipinski definition) is 1. The molecule has 6 nitrogen and oxygen atoms in total. The number of carbonyl (C=O) groups is 1. The maximum atomic E-state index is 10.9. The number of ether oxygens (including phenoxy) is 1. The first-order valence-corrected chi connectivity index (χ1v) is 7.64. The first-order chi connectivity index (χ1) is 9.20. The van der Waals surface area contributed by atoms with Crippen molar-refractivity contribution in [2.24, 2.45) is 5.73 Å². The summed E-state index contributed by atoms with van der Waals surface area (Å²) in [6.45, 7) is 3.71. The van der Waals surface area contributed by atoms with Crippen molar-refractivity contribution in [3.8, 4) is 0 Å². The van der Waals surface area contributed by atoms with Crippen LogP contribution in [0.25, 0.3) is 0 Å². The summed E-state index contributed by atoms with van der Waals surface area (Å²) in [5.74, 6) is 0.856. The summed E-state index contributed by atoms with van der Waals surface area (Å²) >= 11 is 1.34. The Morgan fingerprint density at radius 1 is 1.58 bits per heavy atom. The van der Waals surface area contributed by atoms with Gasteiger partial charge in [0.1, 0.15) is 5.82 Å². The topological polar surface area (TPSA) is 83.0 Å². The molecular formula is C12H20N4O2S. The molecule has 7 heteroatoms. The van der Waals surface area contributed by atoms with Gasteiger partial charge in [0.25, 0.3) is 0 Å². The summed E-state index contributed by atoms with van der Waals surface area (Å²) in [5.41, 5.74) is 5.18. The van der Waals surface area contributed by atoms with Gasteiger partial charge in [-0.05, 0) is 19.3 Å². The molecule has 1 aliphatic rings. The Morgan fingerprint density at radius 2 is 2.42 bits per heavy atom. The quantitative estimate of drug-likeness (QED) is 0.755. The number of nitrogens with zero attached hydrogens (tertiary/aromatic N) is 3. The Morgan fingerprint density at radius 3 is 3.05 bits per heavy atom. The third kappa shape index (κ3) is 3.94. The molecule has 2 rings (SSSR count). The molecule has 2 N–H and O–H groups in total. The molecular weight excluding hydrogens is 264 g/mol. The molecule has 0 aromatic carbocycles. The van der Waals surface area contributed by atoms with Crippen LogP contribution in [0.4, 0.5) is 0 Å². The van der Waals surface area contributed by atoms with Gasteiger partial charge in [0.2, 0.25) is 5.91 Å². The van der Waals surface area contributed by atoms with Gasteiger partial charge in [-0.2, -0.15) is 0 Å². The first kappa shape index (κ1) is 14.3. The van der Waals surface area contributed by atoms with Gasteiger partial charge in [0, 0.05) is 13.0 Å². The highest BCUT2D eigenvalue weighted by atomic mass is 32.2. The maximum absolute atomic E-state index is 10.9. The van der Waals surface area contributed by atoms with Crippen LogP contribution in [-0.4, -0.2) is 39.1 Å². The Hall–Kier alpha value is -1.08. The highest BCUT2D eigenvalue weighted by Gasteiger charge is 2.20. The zero-order chi connectivity index (χ0) is 13.7. The molecule has 0 bridgehead atoms. The van der Waals surface area contributed by atoms with Gasteiger partial charge in [0.05, 0.1) is 18.4 Å². The minimum absolute atomic E-state index is 0.232. The number of nitrogens with two attached hydrogens (primary N) is 1. The van der Waals surface area contributed by atoms with Crippen LogP contribution in [0.15, 0.2) is 5.16 Å². The van der Waals surface area contributed by atoms with Gasteiger partial charge in [-0.25, -0.2) is 0 Å². The molecule has 2 heterocycles. The molecule has 0 saturated carbocycles. The highest BCUT2D eigenvalue weighted by molar-refractivity contribution is 7.99. The van der Waals surface area contributed by atoms with Crippen molar-refractivity contribution in [3.63, 3.8) is 0 Å². The van der Waals surface area contributed by atoms with Crippen molar-refractivity contribution in [2.45, 2.75) is 50.4 Å². The van der Waals surface area contributed by atoms with Gasteiger partial charge in [-0.15, -0.1) is 10.2 Å². The lowest BCUT2D eigenvalue weighted by molar-refractivity contribution is -0.115. The van der Waals surface area contributed by atoms with E-state index in [0.29, 0.717) is 0 Å². The van der Waals surface area contributed by atoms with Gasteiger partial charge in [-0.1, -0.05) is 18.7 Å². The number of aryl methyl sites for hydroxylation is 1. The molecule has 1 fully saturated rings. The number of carbonyl (C=O) groups excluding carboxylic acids is 1. The second-order valence-corrected chi connectivity index (χ2v) is 5.59. The lowest BCUT2D eigenvalue weighted by atomic mass is 10.2. The van der Waals surface area contributed by atoms with E-state index in [4.69, 9.17) is 10.5 Å². The number of amides is 1. The fourth-order valence-corrected chi connectivity index (χ4v) is 2.85. The molecule has 1 aromatic heterocycles. The SMILES string of the molecule is CCCc1nnc(SCC(N)=O)n1C[C@@H]1CCCO1. The monoisotopic (exact) mass is 284 g/mol. The number of thioether (sulfide) groups is 1. The van der Waals surface area contributed by atoms with Crippen LogP contribution in [0, 0.1) is 0 Å². The van der Waals surface area contributed by atoms with E-state index in [9.17, 15) is 4.79 Å². The number of aromatic nitrogens is 3. The van der Waals surface area contributed by atoms with Crippen LogP contribution in [0.5, 0.6) is 0 Å². The predicted octanol–water partition coefficient (Wildman–Crippen LogP) is 0.987. The zero-order valence-electron chi connectivity index (χ0n) is 11.2. The predicted molar refractivity (Wildman–Crippen MR) is 72.9 cm³/mol. The van der Waals surface area contributed by atoms with Gasteiger partial charge >= 0.3 is 0 Å². The van der Waals surface area contributed by atoms with Crippen molar-refractivity contribution in [3.05, 3.63) is 5.82 Å². The van der Waals surface area contributed by atoms with Crippen LogP contribution in [0.1, 0.15) is 32.0 Å². The third-order valence-corrected chi connectivity index (χ3v) is 4.01. The normalized spacial score (nSPS) is 18.9. The van der Waals surface area contributed by atoms with Gasteiger partial charge in [-0.3, -0.25) is 4.79 Å². The van der Waals surface area contributed by atoms with Crippen LogP contribution < -0.4 is 5.73 Å². The first-order valence-electron chi connectivity index (χ1n) is 6.65. The number of hydrogen-bond acceptors (Lipinski definition) is 5. The maximum Gasteiger partial charge on any atom is 0.227 e. The molecule has 1 amide bonds. The summed E-state index contributed by atoms with van der Waals surface area (Å²) in [5, 5.41) is 9.13. The van der Waals surface area contributed by atoms with Crippen molar-refractivity contribution < 1.29 is 9.53 Å². The summed E-state index contributed by atoms with van der Waals surface area (Å²) < 4.78 is 7.74. The van der Waals surface area contributed by atoms with E-state index in [2.05, 4.69) is 21.7 Å². The molecule has 1 aliphatic heterocycles. The summed E-state index contributed by atoms with van der Waals surface area (Å²) in [6.07, 6.45) is 4.32. The molecule has 19 heavy (non-hydrogen) atoms. The summed E-state index contributed by atoms with van der Waals surface area (Å²) in [4.78, 5) is 10.9. The zero-order valence-corrected chi connectivity index (χ0v) is 12.0. The molecule has 0 radical (unpaired) electrons. The van der Waals surface area contributed by atoms with E-state index >= 15 is 0 Å². The molecule has 1 atom stereocenters. The Bertz CT molecular complexity index is 429. The fourth-order valence-electron chi connectivity index (χ4n) is 2.15. The number of rotatable bonds is 7. The van der Waals surface area contributed by atoms with E-state index in [1.165, 1.54) is 11.8 Å². The van der Waals surface area contributed by atoms with Crippen molar-refractivity contribution in [1.29, 1.82) is 0 Å². The standard InChI is InChI=1S/C12H20N4O2S/c1-2-4-11-14-15-12(19-8-10(13)17)16(11)7-9-5-3-6-18-9/h9H,2-8H2,1H3,(H2,13,17)/t9-/m0/s1. The van der Waals surface area contributed by atoms with Gasteiger partial charge < -0.3 is 15.0 Å². The summed E-state index contributed by atoms with van der Waals surface area (Å²) in [6, 6.07) is 0. The second kappa shape index (κ2) is 6.91. The van der Waals surface area contributed by atoms with E-state index in [1.807, 2.05) is 0 Å². The molecule has 0 aliphatic carbocycles. The van der Waals surface area contributed by atoms with Crippen molar-refractivity contribution >= 4 is 17.7 Å². The van der Waals surface area contributed by atoms with Crippen LogP contribution in [0.2, 0.25) is 0 Å². The number of primary amides is 1. The van der Waals surface area contributed by atoms with E-state index in [0.717, 1.165) is 49.8 Å². The third-order valence-electron chi connectivity index (χ3n) is 3.02. The Balaban J connectivity index is 2.09. The van der Waals surface area contributed by atoms with Crippen LogP contribution in [-0.2, 0) is 22.5 Å². The Kier molecular flexibility index (Phi) is 5.21. The summed E-state index contributed by atoms with van der Waals surface area (Å²) in [7, 11) is 0. The van der Waals surface area contributed by atoms with Crippen molar-refractivity contribution in [2.75, 3.05) is 12.4 Å². The molecule has 0 spiro atoms.